The summed E-state index contributed by atoms with van der Waals surface area (Å²) in [5, 5.41) is 2.09. The zero-order valence-corrected chi connectivity index (χ0v) is 18.1. The van der Waals surface area contributed by atoms with E-state index in [1.165, 1.54) is 11.1 Å². The van der Waals surface area contributed by atoms with Gasteiger partial charge in [0, 0.05) is 55.6 Å². The molecule has 2 unspecified atom stereocenters. The van der Waals surface area contributed by atoms with Crippen LogP contribution in [0.15, 0.2) is 17.5 Å². The van der Waals surface area contributed by atoms with E-state index in [-0.39, 0.29) is 17.5 Å². The second-order valence-corrected chi connectivity index (χ2v) is 11.3. The van der Waals surface area contributed by atoms with Crippen molar-refractivity contribution in [1.82, 2.24) is 19.4 Å². The molecule has 1 spiro atoms. The first-order valence-electron chi connectivity index (χ1n) is 10.1. The van der Waals surface area contributed by atoms with Crippen molar-refractivity contribution in [2.24, 2.45) is 5.41 Å². The van der Waals surface area contributed by atoms with Gasteiger partial charge in [0.2, 0.25) is 10.0 Å². The largest absolute Gasteiger partial charge is 0.325 e. The van der Waals surface area contributed by atoms with Crippen LogP contribution in [0, 0.1) is 5.41 Å². The summed E-state index contributed by atoms with van der Waals surface area (Å²) in [6.45, 7) is 5.60. The molecule has 4 heterocycles. The maximum absolute atomic E-state index is 13.0. The number of nitrogens with zero attached hydrogens (tertiary/aromatic N) is 3. The van der Waals surface area contributed by atoms with Gasteiger partial charge in [0.25, 0.3) is 0 Å². The Hall–Kier alpha value is -1.16. The van der Waals surface area contributed by atoms with Crippen LogP contribution in [-0.2, 0) is 16.6 Å². The monoisotopic (exact) mass is 426 g/mol. The van der Waals surface area contributed by atoms with Crippen molar-refractivity contribution in [3.63, 3.8) is 0 Å². The minimum absolute atomic E-state index is 0.113. The normalized spacial score (nSPS) is 29.1. The number of hydrogen-bond donors (Lipinski definition) is 1. The highest BCUT2D eigenvalue weighted by atomic mass is 32.2. The van der Waals surface area contributed by atoms with E-state index >= 15 is 0 Å². The van der Waals surface area contributed by atoms with Crippen molar-refractivity contribution in [2.45, 2.75) is 38.3 Å². The van der Waals surface area contributed by atoms with Gasteiger partial charge in [0.05, 0.1) is 6.26 Å². The number of amides is 2. The molecule has 1 aromatic rings. The van der Waals surface area contributed by atoms with Crippen LogP contribution in [-0.4, -0.2) is 80.7 Å². The lowest BCUT2D eigenvalue weighted by molar-refractivity contribution is 0.0691. The Morgan fingerprint density at radius 1 is 1.21 bits per heavy atom. The first-order valence-corrected chi connectivity index (χ1v) is 12.9. The van der Waals surface area contributed by atoms with Crippen LogP contribution < -0.4 is 4.72 Å². The molecule has 0 bridgehead atoms. The number of carbonyl (C=O) groups is 1. The minimum atomic E-state index is -3.29. The van der Waals surface area contributed by atoms with E-state index in [0.717, 1.165) is 52.0 Å². The van der Waals surface area contributed by atoms with Crippen molar-refractivity contribution in [2.75, 3.05) is 45.5 Å². The van der Waals surface area contributed by atoms with Gasteiger partial charge >= 0.3 is 6.03 Å². The predicted octanol–water partition coefficient (Wildman–Crippen LogP) is 1.78. The molecule has 28 heavy (non-hydrogen) atoms. The highest BCUT2D eigenvalue weighted by Crippen LogP contribution is 2.40. The Balaban J connectivity index is 1.51. The van der Waals surface area contributed by atoms with Crippen LogP contribution >= 0.6 is 11.3 Å². The molecule has 1 aromatic heterocycles. The van der Waals surface area contributed by atoms with Crippen LogP contribution in [0.5, 0.6) is 0 Å². The van der Waals surface area contributed by atoms with Gasteiger partial charge in [-0.1, -0.05) is 6.07 Å². The van der Waals surface area contributed by atoms with Crippen LogP contribution in [0.2, 0.25) is 0 Å². The van der Waals surface area contributed by atoms with Crippen LogP contribution in [0.4, 0.5) is 4.79 Å². The molecule has 4 rings (SSSR count). The van der Waals surface area contributed by atoms with Gasteiger partial charge in [-0.15, -0.1) is 11.3 Å². The van der Waals surface area contributed by atoms with Gasteiger partial charge in [-0.25, -0.2) is 17.9 Å². The van der Waals surface area contributed by atoms with Crippen LogP contribution in [0.1, 0.15) is 30.6 Å². The fourth-order valence-electron chi connectivity index (χ4n) is 5.03. The summed E-state index contributed by atoms with van der Waals surface area (Å²) in [7, 11) is -3.29. The molecule has 1 N–H and O–H groups in total. The Kier molecular flexibility index (Phi) is 5.70. The van der Waals surface area contributed by atoms with Crippen molar-refractivity contribution in [3.8, 4) is 0 Å². The number of hydrogen-bond acceptors (Lipinski definition) is 5. The number of likely N-dealkylation sites (tertiary alicyclic amines) is 3. The van der Waals surface area contributed by atoms with Gasteiger partial charge in [-0.05, 0) is 43.7 Å². The maximum Gasteiger partial charge on any atom is 0.320 e. The van der Waals surface area contributed by atoms with Crippen LogP contribution in [0.3, 0.4) is 0 Å². The molecule has 7 nitrogen and oxygen atoms in total. The summed E-state index contributed by atoms with van der Waals surface area (Å²) in [6, 6.07) is 4.23. The number of thiophene rings is 1. The van der Waals surface area contributed by atoms with Crippen molar-refractivity contribution in [3.05, 3.63) is 22.4 Å². The summed E-state index contributed by atoms with van der Waals surface area (Å²) >= 11 is 1.75. The summed E-state index contributed by atoms with van der Waals surface area (Å²) in [4.78, 5) is 20.6. The van der Waals surface area contributed by atoms with Gasteiger partial charge in [0.15, 0.2) is 0 Å². The molecule has 0 saturated carbocycles. The van der Waals surface area contributed by atoms with E-state index in [1.807, 2.05) is 9.80 Å². The lowest BCUT2D eigenvalue weighted by Crippen LogP contribution is -2.61. The summed E-state index contributed by atoms with van der Waals surface area (Å²) < 4.78 is 26.9. The Labute approximate surface area is 171 Å². The van der Waals surface area contributed by atoms with Crippen molar-refractivity contribution >= 4 is 27.4 Å². The molecule has 0 aromatic carbocycles. The fourth-order valence-corrected chi connectivity index (χ4v) is 6.66. The number of nitrogens with one attached hydrogen (secondary N) is 1. The van der Waals surface area contributed by atoms with E-state index in [2.05, 4.69) is 27.1 Å². The topological polar surface area (TPSA) is 73.0 Å². The highest BCUT2D eigenvalue weighted by molar-refractivity contribution is 7.88. The fraction of sp³-hybridized carbons (Fsp3) is 0.737. The molecule has 2 amide bonds. The van der Waals surface area contributed by atoms with Gasteiger partial charge < -0.3 is 9.80 Å². The molecule has 3 saturated heterocycles. The lowest BCUT2D eigenvalue weighted by atomic mass is 9.75. The summed E-state index contributed by atoms with van der Waals surface area (Å²) in [6.07, 6.45) is 4.99. The molecular weight excluding hydrogens is 396 g/mol. The zero-order chi connectivity index (χ0) is 19.8. The molecule has 0 radical (unpaired) electrons. The first-order chi connectivity index (χ1) is 13.3. The molecule has 9 heteroatoms. The molecule has 3 aliphatic rings. The van der Waals surface area contributed by atoms with E-state index in [4.69, 9.17) is 0 Å². The molecule has 3 aliphatic heterocycles. The quantitative estimate of drug-likeness (QED) is 0.797. The van der Waals surface area contributed by atoms with E-state index in [9.17, 15) is 13.2 Å². The Morgan fingerprint density at radius 3 is 2.68 bits per heavy atom. The van der Waals surface area contributed by atoms with Gasteiger partial charge in [-0.2, -0.15) is 0 Å². The number of urea groups is 1. The number of rotatable bonds is 4. The number of sulfonamides is 1. The third-order valence-electron chi connectivity index (χ3n) is 6.36. The molecular formula is C19H30N4O3S2. The third-order valence-corrected chi connectivity index (χ3v) is 7.93. The van der Waals surface area contributed by atoms with E-state index in [1.54, 1.807) is 11.3 Å². The van der Waals surface area contributed by atoms with Gasteiger partial charge in [0.1, 0.15) is 0 Å². The number of piperidine rings is 1. The number of carbonyl (C=O) groups excluding carboxylic acids is 1. The molecule has 3 fully saturated rings. The molecule has 2 atom stereocenters. The third kappa shape index (κ3) is 4.37. The Bertz CT molecular complexity index is 792. The van der Waals surface area contributed by atoms with E-state index in [0.29, 0.717) is 19.5 Å². The lowest BCUT2D eigenvalue weighted by Gasteiger charge is -2.47. The zero-order valence-electron chi connectivity index (χ0n) is 16.5. The van der Waals surface area contributed by atoms with E-state index < -0.39 is 10.0 Å². The van der Waals surface area contributed by atoms with Gasteiger partial charge in [-0.3, -0.25) is 4.90 Å². The van der Waals surface area contributed by atoms with Crippen molar-refractivity contribution in [1.29, 1.82) is 0 Å². The SMILES string of the molecule is CS(=O)(=O)NC1CCN(C(=O)N2CCCC2)CC12CCN(Cc1cccs1)C2. The standard InChI is InChI=1S/C19H30N4O3S2/c1-28(25,26)20-17-6-10-23(18(24)22-8-2-3-9-22)15-19(17)7-11-21(14-19)13-16-5-4-12-27-16/h4-5,12,17,20H,2-3,6-11,13-15H2,1H3. The maximum atomic E-state index is 13.0. The summed E-state index contributed by atoms with van der Waals surface area (Å²) in [5.74, 6) is 0. The van der Waals surface area contributed by atoms with Crippen molar-refractivity contribution < 1.29 is 13.2 Å². The molecule has 156 valence electrons. The summed E-state index contributed by atoms with van der Waals surface area (Å²) in [5.41, 5.74) is -0.214. The minimum Gasteiger partial charge on any atom is -0.325 e. The highest BCUT2D eigenvalue weighted by Gasteiger charge is 2.50. The average Bonchev–Trinajstić information content (AvgIpc) is 3.38. The Morgan fingerprint density at radius 2 is 2.00 bits per heavy atom. The second-order valence-electron chi connectivity index (χ2n) is 8.53. The first kappa shape index (κ1) is 20.1. The smallest absolute Gasteiger partial charge is 0.320 e. The molecule has 0 aliphatic carbocycles. The predicted molar refractivity (Wildman–Crippen MR) is 111 cm³/mol. The average molecular weight is 427 g/mol. The van der Waals surface area contributed by atoms with Crippen LogP contribution in [0.25, 0.3) is 0 Å². The second kappa shape index (κ2) is 7.93.